The van der Waals surface area contributed by atoms with Crippen LogP contribution in [0, 0.1) is 15.9 Å². The lowest BCUT2D eigenvalue weighted by molar-refractivity contribution is -0.384. The Morgan fingerprint density at radius 3 is 2.55 bits per heavy atom. The first-order valence-electron chi connectivity index (χ1n) is 11.8. The normalized spacial score (nSPS) is 16.8. The van der Waals surface area contributed by atoms with Crippen molar-refractivity contribution in [1.82, 2.24) is 15.2 Å². The molecule has 2 aromatic heterocycles. The number of nitrogens with one attached hydrogen (secondary N) is 2. The Morgan fingerprint density at radius 1 is 1.11 bits per heavy atom. The van der Waals surface area contributed by atoms with E-state index in [9.17, 15) is 19.3 Å². The molecule has 1 fully saturated rings. The van der Waals surface area contributed by atoms with Crippen LogP contribution in [0.25, 0.3) is 11.3 Å². The second-order valence-corrected chi connectivity index (χ2v) is 9.02. The van der Waals surface area contributed by atoms with Crippen molar-refractivity contribution in [3.63, 3.8) is 0 Å². The van der Waals surface area contributed by atoms with E-state index in [-0.39, 0.29) is 29.9 Å². The summed E-state index contributed by atoms with van der Waals surface area (Å²) in [5.41, 5.74) is 1.94. The van der Waals surface area contributed by atoms with Gasteiger partial charge >= 0.3 is 0 Å². The smallest absolute Gasteiger partial charge is 0.269 e. The summed E-state index contributed by atoms with van der Waals surface area (Å²) >= 11 is 5.64. The number of amides is 1. The van der Waals surface area contributed by atoms with Crippen LogP contribution >= 0.6 is 12.2 Å². The van der Waals surface area contributed by atoms with Gasteiger partial charge in [0.05, 0.1) is 16.7 Å². The van der Waals surface area contributed by atoms with E-state index in [1.54, 1.807) is 24.4 Å². The van der Waals surface area contributed by atoms with Crippen LogP contribution in [-0.2, 0) is 4.79 Å². The van der Waals surface area contributed by atoms with Crippen LogP contribution < -0.4 is 10.6 Å². The van der Waals surface area contributed by atoms with Crippen molar-refractivity contribution in [1.29, 1.82) is 0 Å². The fourth-order valence-corrected chi connectivity index (χ4v) is 4.68. The molecule has 5 rings (SSSR count). The Kier molecular flexibility index (Phi) is 7.09. The number of benzene rings is 2. The van der Waals surface area contributed by atoms with Crippen molar-refractivity contribution in [2.24, 2.45) is 0 Å². The number of hydrogen-bond donors (Lipinski definition) is 2. The highest BCUT2D eigenvalue weighted by Crippen LogP contribution is 2.40. The maximum Gasteiger partial charge on any atom is 0.269 e. The number of halogens is 1. The van der Waals surface area contributed by atoms with Gasteiger partial charge in [-0.05, 0) is 72.9 Å². The van der Waals surface area contributed by atoms with Crippen LogP contribution in [-0.4, -0.2) is 32.4 Å². The van der Waals surface area contributed by atoms with Crippen molar-refractivity contribution in [2.75, 3.05) is 11.9 Å². The number of furan rings is 1. The van der Waals surface area contributed by atoms with Crippen molar-refractivity contribution >= 4 is 34.6 Å². The molecule has 3 heterocycles. The molecular weight excluding hydrogens is 509 g/mol. The van der Waals surface area contributed by atoms with Gasteiger partial charge in [0.2, 0.25) is 5.91 Å². The summed E-state index contributed by atoms with van der Waals surface area (Å²) in [5.74, 6) is 0.513. The van der Waals surface area contributed by atoms with E-state index in [0.717, 1.165) is 5.69 Å². The Morgan fingerprint density at radius 2 is 1.87 bits per heavy atom. The molecule has 2 aromatic carbocycles. The summed E-state index contributed by atoms with van der Waals surface area (Å²) in [7, 11) is 0. The third kappa shape index (κ3) is 5.37. The van der Waals surface area contributed by atoms with Gasteiger partial charge in [-0.3, -0.25) is 19.9 Å². The van der Waals surface area contributed by atoms with E-state index in [2.05, 4.69) is 15.6 Å². The van der Waals surface area contributed by atoms with Crippen molar-refractivity contribution in [3.8, 4) is 11.3 Å². The maximum absolute atomic E-state index is 13.2. The number of non-ortho nitro benzene ring substituents is 1. The van der Waals surface area contributed by atoms with Crippen LogP contribution in [0.3, 0.4) is 0 Å². The lowest BCUT2D eigenvalue weighted by atomic mass is 10.0. The van der Waals surface area contributed by atoms with E-state index in [1.807, 2.05) is 29.2 Å². The van der Waals surface area contributed by atoms with Crippen molar-refractivity contribution < 1.29 is 18.5 Å². The minimum absolute atomic E-state index is 0.00817. The van der Waals surface area contributed by atoms with Crippen molar-refractivity contribution in [3.05, 3.63) is 112 Å². The molecule has 1 aliphatic rings. The highest BCUT2D eigenvalue weighted by atomic mass is 32.1. The first kappa shape index (κ1) is 25.0. The molecule has 0 spiro atoms. The fraction of sp³-hybridized carbons (Fsp3) is 0.148. The number of aromatic nitrogens is 1. The zero-order chi connectivity index (χ0) is 26.6. The molecule has 0 bridgehead atoms. The van der Waals surface area contributed by atoms with Gasteiger partial charge in [0, 0.05) is 42.5 Å². The highest BCUT2D eigenvalue weighted by Gasteiger charge is 2.41. The third-order valence-corrected chi connectivity index (χ3v) is 6.54. The van der Waals surface area contributed by atoms with E-state index in [0.29, 0.717) is 34.4 Å². The standard InChI is InChI=1S/C27H22FN5O4S/c28-18-6-8-19(9-7-18)30-24(34)14-16-32-26(25(31-27(32)38)21-3-1-2-15-29-21)23-13-12-22(37-23)17-4-10-20(11-5-17)33(35)36/h1-13,15,25-26H,14,16H2,(H,30,34)(H,31,38)/t25-,26-/m1/s1. The van der Waals surface area contributed by atoms with Crippen LogP contribution in [0.4, 0.5) is 15.8 Å². The number of thiocarbonyl (C=S) groups is 1. The second kappa shape index (κ2) is 10.8. The number of hydrogen-bond acceptors (Lipinski definition) is 6. The molecule has 9 nitrogen and oxygen atoms in total. The molecule has 0 saturated carbocycles. The van der Waals surface area contributed by atoms with Crippen LogP contribution in [0.1, 0.15) is 30.0 Å². The largest absolute Gasteiger partial charge is 0.459 e. The molecular formula is C27H22FN5O4S. The summed E-state index contributed by atoms with van der Waals surface area (Å²) in [5, 5.41) is 17.5. The van der Waals surface area contributed by atoms with Gasteiger partial charge in [-0.15, -0.1) is 0 Å². The molecule has 1 saturated heterocycles. The van der Waals surface area contributed by atoms with Gasteiger partial charge < -0.3 is 20.0 Å². The number of carbonyl (C=O) groups excluding carboxylic acids is 1. The lowest BCUT2D eigenvalue weighted by Crippen LogP contribution is -2.32. The second-order valence-electron chi connectivity index (χ2n) is 8.63. The zero-order valence-corrected chi connectivity index (χ0v) is 20.7. The topological polar surface area (TPSA) is 114 Å². The minimum Gasteiger partial charge on any atom is -0.459 e. The van der Waals surface area contributed by atoms with Gasteiger partial charge in [0.25, 0.3) is 5.69 Å². The summed E-state index contributed by atoms with van der Waals surface area (Å²) in [6, 6.07) is 20.2. The number of nitro benzene ring substituents is 1. The monoisotopic (exact) mass is 531 g/mol. The molecule has 0 aliphatic carbocycles. The van der Waals surface area contributed by atoms with E-state index in [4.69, 9.17) is 16.6 Å². The highest BCUT2D eigenvalue weighted by molar-refractivity contribution is 7.80. The maximum atomic E-state index is 13.2. The molecule has 2 atom stereocenters. The molecule has 0 unspecified atom stereocenters. The average Bonchev–Trinajstić information content (AvgIpc) is 3.54. The Balaban J connectivity index is 1.38. The summed E-state index contributed by atoms with van der Waals surface area (Å²) in [6.07, 6.45) is 1.82. The first-order valence-corrected chi connectivity index (χ1v) is 12.2. The number of rotatable bonds is 8. The lowest BCUT2D eigenvalue weighted by Gasteiger charge is -2.25. The number of pyridine rings is 1. The molecule has 0 radical (unpaired) electrons. The minimum atomic E-state index is -0.454. The van der Waals surface area contributed by atoms with Gasteiger partial charge in [0.15, 0.2) is 5.11 Å². The third-order valence-electron chi connectivity index (χ3n) is 6.19. The molecule has 2 N–H and O–H groups in total. The molecule has 38 heavy (non-hydrogen) atoms. The van der Waals surface area contributed by atoms with Gasteiger partial charge in [-0.25, -0.2) is 4.39 Å². The fourth-order valence-electron chi connectivity index (χ4n) is 4.35. The predicted octanol–water partition coefficient (Wildman–Crippen LogP) is 5.39. The predicted molar refractivity (Wildman–Crippen MR) is 143 cm³/mol. The number of anilines is 1. The quantitative estimate of drug-likeness (QED) is 0.177. The molecule has 1 amide bonds. The molecule has 11 heteroatoms. The summed E-state index contributed by atoms with van der Waals surface area (Å²) in [6.45, 7) is 0.292. The SMILES string of the molecule is O=C(CCN1C(=S)N[C@H](c2ccccn2)[C@H]1c1ccc(-c2ccc([N+](=O)[O-])cc2)o1)Nc1ccc(F)cc1. The summed E-state index contributed by atoms with van der Waals surface area (Å²) in [4.78, 5) is 29.6. The molecule has 192 valence electrons. The Bertz CT molecular complexity index is 1460. The van der Waals surface area contributed by atoms with E-state index in [1.165, 1.54) is 36.4 Å². The Labute approximate surface area is 222 Å². The average molecular weight is 532 g/mol. The van der Waals surface area contributed by atoms with E-state index >= 15 is 0 Å². The number of nitrogens with zero attached hydrogens (tertiary/aromatic N) is 3. The number of nitro groups is 1. The van der Waals surface area contributed by atoms with Gasteiger partial charge in [-0.1, -0.05) is 6.07 Å². The first-order chi connectivity index (χ1) is 18.4. The van der Waals surface area contributed by atoms with Crippen LogP contribution in [0.15, 0.2) is 89.5 Å². The zero-order valence-electron chi connectivity index (χ0n) is 19.9. The van der Waals surface area contributed by atoms with Gasteiger partial charge in [0.1, 0.15) is 23.4 Å². The van der Waals surface area contributed by atoms with Crippen molar-refractivity contribution in [2.45, 2.75) is 18.5 Å². The van der Waals surface area contributed by atoms with Crippen LogP contribution in [0.2, 0.25) is 0 Å². The Hall–Kier alpha value is -4.64. The molecule has 1 aliphatic heterocycles. The van der Waals surface area contributed by atoms with E-state index < -0.39 is 11.0 Å². The van der Waals surface area contributed by atoms with Gasteiger partial charge in [-0.2, -0.15) is 0 Å². The van der Waals surface area contributed by atoms with Crippen LogP contribution in [0.5, 0.6) is 0 Å². The number of carbonyl (C=O) groups is 1. The summed E-state index contributed by atoms with van der Waals surface area (Å²) < 4.78 is 19.4. The molecule has 4 aromatic rings.